The Kier molecular flexibility index (Phi) is 4.82. The zero-order chi connectivity index (χ0) is 21.5. The second-order valence-electron chi connectivity index (χ2n) is 7.27. The Balaban J connectivity index is 1.61. The monoisotopic (exact) mass is 478 g/mol. The van der Waals surface area contributed by atoms with Crippen molar-refractivity contribution in [3.05, 3.63) is 81.8 Å². The van der Waals surface area contributed by atoms with Crippen LogP contribution in [0.3, 0.4) is 0 Å². The molecule has 2 aromatic heterocycles. The van der Waals surface area contributed by atoms with Gasteiger partial charge in [-0.25, -0.2) is 9.37 Å². The number of nitrogens with zero attached hydrogens (tertiary/aromatic N) is 5. The van der Waals surface area contributed by atoms with E-state index >= 15 is 0 Å². The van der Waals surface area contributed by atoms with Crippen molar-refractivity contribution in [3.63, 3.8) is 0 Å². The molecule has 3 heterocycles. The van der Waals surface area contributed by atoms with Crippen molar-refractivity contribution in [2.75, 3.05) is 5.32 Å². The number of aryl methyl sites for hydroxylation is 1. The number of rotatable bonds is 3. The summed E-state index contributed by atoms with van der Waals surface area (Å²) in [4.78, 5) is 17.1. The smallest absolute Gasteiger partial charge is 0.272 e. The summed E-state index contributed by atoms with van der Waals surface area (Å²) in [5.74, 6) is 0.187. The lowest BCUT2D eigenvalue weighted by molar-refractivity contribution is -0.116. The Morgan fingerprint density at radius 1 is 1.19 bits per heavy atom. The van der Waals surface area contributed by atoms with Crippen LogP contribution < -0.4 is 5.32 Å². The quantitative estimate of drug-likeness (QED) is 0.471. The van der Waals surface area contributed by atoms with E-state index in [1.165, 1.54) is 23.0 Å². The van der Waals surface area contributed by atoms with Crippen LogP contribution in [0, 0.1) is 12.7 Å². The molecule has 31 heavy (non-hydrogen) atoms. The summed E-state index contributed by atoms with van der Waals surface area (Å²) < 4.78 is 15.7. The highest BCUT2D eigenvalue weighted by molar-refractivity contribution is 9.10. The van der Waals surface area contributed by atoms with E-state index in [-0.39, 0.29) is 23.6 Å². The fraction of sp³-hybridized carbons (Fsp3) is 0.136. The van der Waals surface area contributed by atoms with Gasteiger partial charge in [0.15, 0.2) is 0 Å². The SMILES string of the molecule is Cc1nn(-c2nncc(-c3ccc(F)cc3)n2)c2c1[C@H](c1cccc(Br)c1)CC(=O)N2. The molecule has 0 aliphatic carbocycles. The summed E-state index contributed by atoms with van der Waals surface area (Å²) in [5.41, 5.74) is 3.94. The molecule has 1 aliphatic heterocycles. The predicted octanol–water partition coefficient (Wildman–Crippen LogP) is 4.41. The molecule has 1 N–H and O–H groups in total. The number of hydrogen-bond acceptors (Lipinski definition) is 5. The molecule has 0 saturated heterocycles. The van der Waals surface area contributed by atoms with Gasteiger partial charge in [0.05, 0.1) is 17.6 Å². The van der Waals surface area contributed by atoms with E-state index in [1.54, 1.807) is 12.1 Å². The first kappa shape index (κ1) is 19.5. The van der Waals surface area contributed by atoms with Gasteiger partial charge < -0.3 is 5.32 Å². The van der Waals surface area contributed by atoms with Crippen LogP contribution in [-0.2, 0) is 4.79 Å². The number of carbonyl (C=O) groups is 1. The second kappa shape index (κ2) is 7.66. The fourth-order valence-electron chi connectivity index (χ4n) is 3.84. The van der Waals surface area contributed by atoms with E-state index in [0.717, 1.165) is 21.3 Å². The molecule has 0 fully saturated rings. The molecule has 0 radical (unpaired) electrons. The third-order valence-corrected chi connectivity index (χ3v) is 5.72. The molecule has 9 heteroatoms. The van der Waals surface area contributed by atoms with E-state index in [9.17, 15) is 9.18 Å². The van der Waals surface area contributed by atoms with E-state index in [0.29, 0.717) is 23.5 Å². The van der Waals surface area contributed by atoms with Crippen LogP contribution in [-0.4, -0.2) is 30.9 Å². The first-order valence-electron chi connectivity index (χ1n) is 9.60. The number of benzene rings is 2. The maximum Gasteiger partial charge on any atom is 0.272 e. The van der Waals surface area contributed by atoms with Gasteiger partial charge in [-0.15, -0.1) is 5.10 Å². The number of halogens is 2. The van der Waals surface area contributed by atoms with Gasteiger partial charge in [0.1, 0.15) is 11.6 Å². The number of carbonyl (C=O) groups excluding carboxylic acids is 1. The van der Waals surface area contributed by atoms with Gasteiger partial charge in [0, 0.05) is 27.9 Å². The van der Waals surface area contributed by atoms with E-state index in [1.807, 2.05) is 31.2 Å². The highest BCUT2D eigenvalue weighted by Crippen LogP contribution is 2.40. The Morgan fingerprint density at radius 3 is 2.77 bits per heavy atom. The summed E-state index contributed by atoms with van der Waals surface area (Å²) in [6.45, 7) is 1.90. The molecular formula is C22H16BrFN6O. The van der Waals surface area contributed by atoms with E-state index in [2.05, 4.69) is 41.5 Å². The summed E-state index contributed by atoms with van der Waals surface area (Å²) in [7, 11) is 0. The van der Waals surface area contributed by atoms with Crippen molar-refractivity contribution in [2.45, 2.75) is 19.3 Å². The molecule has 4 aromatic rings. The van der Waals surface area contributed by atoms with Crippen LogP contribution in [0.5, 0.6) is 0 Å². The minimum Gasteiger partial charge on any atom is -0.310 e. The molecule has 1 atom stereocenters. The molecule has 2 aromatic carbocycles. The second-order valence-corrected chi connectivity index (χ2v) is 8.18. The van der Waals surface area contributed by atoms with Gasteiger partial charge in [0.25, 0.3) is 5.95 Å². The lowest BCUT2D eigenvalue weighted by atomic mass is 9.86. The molecule has 0 spiro atoms. The summed E-state index contributed by atoms with van der Waals surface area (Å²) >= 11 is 3.51. The minimum atomic E-state index is -0.330. The van der Waals surface area contributed by atoms with Gasteiger partial charge in [0.2, 0.25) is 5.91 Å². The third kappa shape index (κ3) is 3.61. The van der Waals surface area contributed by atoms with Gasteiger partial charge >= 0.3 is 0 Å². The van der Waals surface area contributed by atoms with Crippen LogP contribution in [0.25, 0.3) is 17.2 Å². The highest BCUT2D eigenvalue weighted by Gasteiger charge is 2.33. The molecule has 0 unspecified atom stereocenters. The van der Waals surface area contributed by atoms with Crippen LogP contribution in [0.1, 0.15) is 29.2 Å². The molecule has 1 aliphatic rings. The van der Waals surface area contributed by atoms with Crippen LogP contribution >= 0.6 is 15.9 Å². The standard InChI is InChI=1S/C22H16BrFN6O/c1-12-20-17(14-3-2-4-15(23)9-14)10-19(31)27-21(20)30(29-12)22-26-18(11-25-28-22)13-5-7-16(24)8-6-13/h2-9,11,17H,10H2,1H3,(H,27,31)/t17-/m0/s1. The Bertz CT molecular complexity index is 1300. The van der Waals surface area contributed by atoms with Gasteiger partial charge in [-0.1, -0.05) is 28.1 Å². The van der Waals surface area contributed by atoms with Gasteiger partial charge in [-0.2, -0.15) is 14.9 Å². The van der Waals surface area contributed by atoms with Crippen LogP contribution in [0.15, 0.2) is 59.2 Å². The minimum absolute atomic E-state index is 0.110. The van der Waals surface area contributed by atoms with Crippen LogP contribution in [0.2, 0.25) is 0 Å². The molecule has 5 rings (SSSR count). The van der Waals surface area contributed by atoms with Crippen molar-refractivity contribution >= 4 is 27.7 Å². The zero-order valence-corrected chi connectivity index (χ0v) is 18.0. The number of amides is 1. The number of anilines is 1. The Hall–Kier alpha value is -3.46. The average molecular weight is 479 g/mol. The number of fused-ring (bicyclic) bond motifs is 1. The largest absolute Gasteiger partial charge is 0.310 e. The fourth-order valence-corrected chi connectivity index (χ4v) is 4.26. The molecule has 154 valence electrons. The van der Waals surface area contributed by atoms with E-state index in [4.69, 9.17) is 0 Å². The lowest BCUT2D eigenvalue weighted by Crippen LogP contribution is -2.25. The summed E-state index contributed by atoms with van der Waals surface area (Å²) in [5, 5.41) is 15.7. The zero-order valence-electron chi connectivity index (χ0n) is 16.4. The molecule has 7 nitrogen and oxygen atoms in total. The van der Waals surface area contributed by atoms with Crippen molar-refractivity contribution in [3.8, 4) is 17.2 Å². The molecular weight excluding hydrogens is 463 g/mol. The average Bonchev–Trinajstić information content (AvgIpc) is 3.10. The third-order valence-electron chi connectivity index (χ3n) is 5.23. The maximum atomic E-state index is 13.3. The number of hydrogen-bond donors (Lipinski definition) is 1. The van der Waals surface area contributed by atoms with E-state index < -0.39 is 0 Å². The Morgan fingerprint density at radius 2 is 2.00 bits per heavy atom. The van der Waals surface area contributed by atoms with Crippen molar-refractivity contribution < 1.29 is 9.18 Å². The molecule has 0 saturated carbocycles. The normalized spacial score (nSPS) is 15.5. The van der Waals surface area contributed by atoms with Crippen molar-refractivity contribution in [1.29, 1.82) is 0 Å². The lowest BCUT2D eigenvalue weighted by Gasteiger charge is -2.24. The number of nitrogens with one attached hydrogen (secondary N) is 1. The van der Waals surface area contributed by atoms with Crippen molar-refractivity contribution in [1.82, 2.24) is 25.0 Å². The number of aromatic nitrogens is 5. The first-order valence-corrected chi connectivity index (χ1v) is 10.4. The summed E-state index contributed by atoms with van der Waals surface area (Å²) in [6.07, 6.45) is 1.83. The maximum absolute atomic E-state index is 13.3. The highest BCUT2D eigenvalue weighted by atomic mass is 79.9. The van der Waals surface area contributed by atoms with Gasteiger partial charge in [-0.3, -0.25) is 4.79 Å². The topological polar surface area (TPSA) is 85.6 Å². The summed E-state index contributed by atoms with van der Waals surface area (Å²) in [6, 6.07) is 13.9. The van der Waals surface area contributed by atoms with Gasteiger partial charge in [-0.05, 0) is 48.9 Å². The van der Waals surface area contributed by atoms with Crippen molar-refractivity contribution in [2.24, 2.45) is 0 Å². The van der Waals surface area contributed by atoms with Crippen LogP contribution in [0.4, 0.5) is 10.2 Å². The first-order chi connectivity index (χ1) is 15.0. The Labute approximate surface area is 185 Å². The molecule has 0 bridgehead atoms. The predicted molar refractivity (Wildman–Crippen MR) is 116 cm³/mol. The molecule has 1 amide bonds.